The minimum Gasteiger partial charge on any atom is -0.359 e. The van der Waals surface area contributed by atoms with Crippen LogP contribution in [0.1, 0.15) is 25.3 Å². The number of carbonyl (C=O) groups is 1. The summed E-state index contributed by atoms with van der Waals surface area (Å²) in [6, 6.07) is -0.0309. The molecule has 0 aliphatic carbocycles. The number of rotatable bonds is 4. The van der Waals surface area contributed by atoms with Gasteiger partial charge in [-0.2, -0.15) is 13.2 Å². The van der Waals surface area contributed by atoms with Gasteiger partial charge in [0.2, 0.25) is 0 Å². The number of hydrogen-bond acceptors (Lipinski definition) is 4. The smallest absolute Gasteiger partial charge is 0.359 e. The van der Waals surface area contributed by atoms with E-state index >= 15 is 0 Å². The van der Waals surface area contributed by atoms with Crippen molar-refractivity contribution in [2.45, 2.75) is 39.0 Å². The van der Waals surface area contributed by atoms with Gasteiger partial charge in [-0.1, -0.05) is 12.1 Å². The number of aromatic nitrogens is 1. The van der Waals surface area contributed by atoms with Crippen molar-refractivity contribution in [1.29, 1.82) is 0 Å². The maximum atomic E-state index is 12.7. The third-order valence-corrected chi connectivity index (χ3v) is 4.01. The number of nitrogens with zero attached hydrogens (tertiary/aromatic N) is 3. The summed E-state index contributed by atoms with van der Waals surface area (Å²) in [5.74, 6) is 0.555. The molecule has 1 aliphatic heterocycles. The number of hydrogen-bond donors (Lipinski definition) is 1. The van der Waals surface area contributed by atoms with E-state index in [4.69, 9.17) is 4.52 Å². The number of piperazine rings is 1. The van der Waals surface area contributed by atoms with Crippen LogP contribution >= 0.6 is 0 Å². The molecule has 0 saturated carbocycles. The highest BCUT2D eigenvalue weighted by Crippen LogP contribution is 2.25. The number of halogens is 3. The van der Waals surface area contributed by atoms with Crippen LogP contribution in [0.2, 0.25) is 0 Å². The minimum absolute atomic E-state index is 0.205. The van der Waals surface area contributed by atoms with Gasteiger partial charge in [0.05, 0.1) is 12.2 Å². The second-order valence-corrected chi connectivity index (χ2v) is 5.54. The van der Waals surface area contributed by atoms with Gasteiger partial charge in [0.15, 0.2) is 5.76 Å². The third kappa shape index (κ3) is 4.60. The maximum Gasteiger partial charge on any atom is 0.403 e. The Hall–Kier alpha value is -1.77. The van der Waals surface area contributed by atoms with E-state index < -0.39 is 12.2 Å². The number of carbonyl (C=O) groups excluding carboxylic acids is 1. The Bertz CT molecular complexity index is 524. The molecule has 9 heteroatoms. The fourth-order valence-electron chi connectivity index (χ4n) is 2.40. The van der Waals surface area contributed by atoms with E-state index in [-0.39, 0.29) is 38.8 Å². The zero-order valence-corrected chi connectivity index (χ0v) is 13.2. The van der Waals surface area contributed by atoms with Crippen molar-refractivity contribution in [3.63, 3.8) is 0 Å². The van der Waals surface area contributed by atoms with Crippen LogP contribution in [0.15, 0.2) is 10.6 Å². The maximum absolute atomic E-state index is 12.7. The Balaban J connectivity index is 1.77. The lowest BCUT2D eigenvalue weighted by atomic mass is 10.2. The quantitative estimate of drug-likeness (QED) is 0.915. The largest absolute Gasteiger partial charge is 0.403 e. The van der Waals surface area contributed by atoms with Crippen LogP contribution in [0.4, 0.5) is 18.0 Å². The van der Waals surface area contributed by atoms with E-state index in [0.717, 1.165) is 19.0 Å². The average molecular weight is 334 g/mol. The van der Waals surface area contributed by atoms with Crippen molar-refractivity contribution in [2.24, 2.45) is 0 Å². The molecule has 1 saturated heterocycles. The molecule has 0 aromatic carbocycles. The number of urea groups is 1. The van der Waals surface area contributed by atoms with E-state index in [0.29, 0.717) is 5.76 Å². The summed E-state index contributed by atoms with van der Waals surface area (Å²) < 4.78 is 43.1. The molecule has 1 fully saturated rings. The fourth-order valence-corrected chi connectivity index (χ4v) is 2.40. The average Bonchev–Trinajstić information content (AvgIpc) is 2.99. The third-order valence-electron chi connectivity index (χ3n) is 4.01. The predicted octanol–water partition coefficient (Wildman–Crippen LogP) is 2.02. The summed E-state index contributed by atoms with van der Waals surface area (Å²) in [6.07, 6.45) is -3.50. The highest BCUT2D eigenvalue weighted by molar-refractivity contribution is 5.74. The number of nitrogens with one attached hydrogen (secondary N) is 1. The van der Waals surface area contributed by atoms with Crippen molar-refractivity contribution >= 4 is 6.03 Å². The molecule has 2 heterocycles. The van der Waals surface area contributed by atoms with Crippen molar-refractivity contribution < 1.29 is 22.5 Å². The second kappa shape index (κ2) is 7.20. The van der Waals surface area contributed by atoms with Crippen LogP contribution in [-0.2, 0) is 13.0 Å². The van der Waals surface area contributed by atoms with E-state index in [1.165, 1.54) is 9.80 Å². The molecule has 1 atom stereocenters. The first-order valence-corrected chi connectivity index (χ1v) is 7.59. The lowest BCUT2D eigenvalue weighted by molar-refractivity contribution is -0.181. The molecule has 2 amide bonds. The molecule has 1 aromatic rings. The van der Waals surface area contributed by atoms with Gasteiger partial charge in [0.25, 0.3) is 0 Å². The van der Waals surface area contributed by atoms with Crippen LogP contribution in [0.3, 0.4) is 0 Å². The molecule has 0 spiro atoms. The van der Waals surface area contributed by atoms with Crippen LogP contribution in [0.5, 0.6) is 0 Å². The Kier molecular flexibility index (Phi) is 5.51. The monoisotopic (exact) mass is 334 g/mol. The number of alkyl halides is 3. The summed E-state index contributed by atoms with van der Waals surface area (Å²) in [5.41, 5.74) is 0.809. The predicted molar refractivity (Wildman–Crippen MR) is 76.8 cm³/mol. The molecular weight excluding hydrogens is 313 g/mol. The molecule has 1 aliphatic rings. The normalized spacial score (nSPS) is 18.0. The molecule has 130 valence electrons. The molecule has 1 N–H and O–H groups in total. The van der Waals surface area contributed by atoms with Crippen molar-refractivity contribution in [2.75, 3.05) is 26.2 Å². The first-order chi connectivity index (χ1) is 10.8. The minimum atomic E-state index is -4.24. The molecule has 6 nitrogen and oxygen atoms in total. The molecule has 23 heavy (non-hydrogen) atoms. The molecule has 0 radical (unpaired) electrons. The summed E-state index contributed by atoms with van der Waals surface area (Å²) in [6.45, 7) is 4.25. The van der Waals surface area contributed by atoms with E-state index in [1.807, 2.05) is 6.92 Å². The Morgan fingerprint density at radius 1 is 1.39 bits per heavy atom. The van der Waals surface area contributed by atoms with Gasteiger partial charge in [-0.25, -0.2) is 4.79 Å². The standard InChI is InChI=1S/C14H21F3N4O2/c1-3-11-8-12(23-19-11)9-18-13(22)21-6-4-20(5-7-21)10(2)14(15,16)17/h8,10H,3-7,9H2,1-2H3,(H,18,22)/t10-/m1/s1. The van der Waals surface area contributed by atoms with Gasteiger partial charge in [0, 0.05) is 32.2 Å². The highest BCUT2D eigenvalue weighted by Gasteiger charge is 2.41. The van der Waals surface area contributed by atoms with Gasteiger partial charge < -0.3 is 14.7 Å². The van der Waals surface area contributed by atoms with Crippen LogP contribution in [0, 0.1) is 0 Å². The van der Waals surface area contributed by atoms with Crippen LogP contribution in [0.25, 0.3) is 0 Å². The molecule has 2 rings (SSSR count). The van der Waals surface area contributed by atoms with Crippen LogP contribution in [-0.4, -0.2) is 59.4 Å². The Labute approximate surface area is 132 Å². The van der Waals surface area contributed by atoms with Crippen molar-refractivity contribution in [3.05, 3.63) is 17.5 Å². The highest BCUT2D eigenvalue weighted by atomic mass is 19.4. The molecule has 0 bridgehead atoms. The second-order valence-electron chi connectivity index (χ2n) is 5.54. The molecule has 0 unspecified atom stereocenters. The summed E-state index contributed by atoms with van der Waals surface area (Å²) in [7, 11) is 0. The van der Waals surface area contributed by atoms with Crippen molar-refractivity contribution in [1.82, 2.24) is 20.3 Å². The number of amides is 2. The molecular formula is C14H21F3N4O2. The van der Waals surface area contributed by atoms with Gasteiger partial charge in [-0.3, -0.25) is 4.90 Å². The summed E-state index contributed by atoms with van der Waals surface area (Å²) in [4.78, 5) is 14.9. The van der Waals surface area contributed by atoms with E-state index in [2.05, 4.69) is 10.5 Å². The SMILES string of the molecule is CCc1cc(CNC(=O)N2CCN([C@H](C)C(F)(F)F)CC2)on1. The van der Waals surface area contributed by atoms with Gasteiger partial charge in [-0.05, 0) is 13.3 Å². The lowest BCUT2D eigenvalue weighted by Crippen LogP contribution is -2.56. The first kappa shape index (κ1) is 17.6. The Morgan fingerprint density at radius 2 is 2.04 bits per heavy atom. The van der Waals surface area contributed by atoms with Crippen molar-refractivity contribution in [3.8, 4) is 0 Å². The zero-order valence-electron chi connectivity index (χ0n) is 13.2. The Morgan fingerprint density at radius 3 is 2.57 bits per heavy atom. The van der Waals surface area contributed by atoms with Gasteiger partial charge in [0.1, 0.15) is 6.04 Å². The summed E-state index contributed by atoms with van der Waals surface area (Å²) >= 11 is 0. The van der Waals surface area contributed by atoms with E-state index in [1.54, 1.807) is 6.07 Å². The number of aryl methyl sites for hydroxylation is 1. The lowest BCUT2D eigenvalue weighted by Gasteiger charge is -2.38. The van der Waals surface area contributed by atoms with E-state index in [9.17, 15) is 18.0 Å². The van der Waals surface area contributed by atoms with Gasteiger partial charge >= 0.3 is 12.2 Å². The van der Waals surface area contributed by atoms with Crippen LogP contribution < -0.4 is 5.32 Å². The topological polar surface area (TPSA) is 61.6 Å². The van der Waals surface area contributed by atoms with Gasteiger partial charge in [-0.15, -0.1) is 0 Å². The zero-order chi connectivity index (χ0) is 17.0. The summed E-state index contributed by atoms with van der Waals surface area (Å²) in [5, 5.41) is 6.52. The molecule has 1 aromatic heterocycles. The fraction of sp³-hybridized carbons (Fsp3) is 0.714. The first-order valence-electron chi connectivity index (χ1n) is 7.59.